The van der Waals surface area contributed by atoms with Crippen molar-refractivity contribution >= 4 is 51.3 Å². The lowest BCUT2D eigenvalue weighted by atomic mass is 10.1. The van der Waals surface area contributed by atoms with Gasteiger partial charge in [0.2, 0.25) is 10.0 Å². The molecular weight excluding hydrogens is 507 g/mol. The van der Waals surface area contributed by atoms with Crippen molar-refractivity contribution in [2.24, 2.45) is 10.9 Å². The summed E-state index contributed by atoms with van der Waals surface area (Å²) in [7, 11) is -1.66. The number of halogens is 1. The van der Waals surface area contributed by atoms with E-state index < -0.39 is 10.0 Å². The van der Waals surface area contributed by atoms with E-state index in [0.29, 0.717) is 25.0 Å². The number of thiophene rings is 1. The number of aliphatic imine (C=N–C) groups is 1. The first-order valence-electron chi connectivity index (χ1n) is 8.96. The average Bonchev–Trinajstić information content (AvgIpc) is 3.16. The molecule has 0 aliphatic carbocycles. The van der Waals surface area contributed by atoms with E-state index in [0.717, 1.165) is 18.5 Å². The van der Waals surface area contributed by atoms with E-state index in [1.54, 1.807) is 18.4 Å². The normalized spacial score (nSPS) is 12.9. The standard InChI is InChI=1S/C19H28N4O2S2.HI/c1-16(13-18-9-6-11-26-18)14-22-19(20-2)21-10-12-27(24,25)23-15-17-7-4-3-5-8-17;/h3-9,11,16,23H,10,12-15H2,1-2H3,(H2,20,21,22);1H. The van der Waals surface area contributed by atoms with Crippen LogP contribution in [0.3, 0.4) is 0 Å². The van der Waals surface area contributed by atoms with E-state index in [2.05, 4.69) is 44.8 Å². The average molecular weight is 537 g/mol. The molecule has 3 N–H and O–H groups in total. The monoisotopic (exact) mass is 536 g/mol. The molecule has 0 bridgehead atoms. The number of hydrogen-bond donors (Lipinski definition) is 3. The third kappa shape index (κ3) is 9.85. The maximum absolute atomic E-state index is 12.1. The van der Waals surface area contributed by atoms with Crippen LogP contribution in [0.2, 0.25) is 0 Å². The van der Waals surface area contributed by atoms with Gasteiger partial charge in [0, 0.05) is 31.6 Å². The van der Waals surface area contributed by atoms with Crippen molar-refractivity contribution < 1.29 is 8.42 Å². The van der Waals surface area contributed by atoms with Crippen LogP contribution >= 0.6 is 35.3 Å². The van der Waals surface area contributed by atoms with Crippen molar-refractivity contribution in [3.63, 3.8) is 0 Å². The van der Waals surface area contributed by atoms with Gasteiger partial charge >= 0.3 is 0 Å². The van der Waals surface area contributed by atoms with Gasteiger partial charge in [-0.05, 0) is 29.3 Å². The van der Waals surface area contributed by atoms with Gasteiger partial charge in [-0.3, -0.25) is 4.99 Å². The molecule has 0 aliphatic rings. The van der Waals surface area contributed by atoms with Gasteiger partial charge in [-0.15, -0.1) is 35.3 Å². The van der Waals surface area contributed by atoms with Crippen molar-refractivity contribution in [2.45, 2.75) is 19.9 Å². The first kappa shape index (κ1) is 24.9. The maximum atomic E-state index is 12.1. The summed E-state index contributed by atoms with van der Waals surface area (Å²) in [6.07, 6.45) is 1.01. The first-order chi connectivity index (χ1) is 13.0. The molecule has 0 radical (unpaired) electrons. The minimum atomic E-state index is -3.34. The number of sulfonamides is 1. The number of rotatable bonds is 10. The summed E-state index contributed by atoms with van der Waals surface area (Å²) >= 11 is 1.76. The minimum absolute atomic E-state index is 0. The van der Waals surface area contributed by atoms with Crippen LogP contribution in [-0.4, -0.2) is 40.3 Å². The number of guanidine groups is 1. The van der Waals surface area contributed by atoms with Crippen molar-refractivity contribution in [3.8, 4) is 0 Å². The molecule has 0 saturated carbocycles. The predicted molar refractivity (Wildman–Crippen MR) is 129 cm³/mol. The fraction of sp³-hybridized carbons (Fsp3) is 0.421. The molecule has 0 spiro atoms. The van der Waals surface area contributed by atoms with Crippen molar-refractivity contribution in [3.05, 3.63) is 58.3 Å². The predicted octanol–water partition coefficient (Wildman–Crippen LogP) is 2.83. The topological polar surface area (TPSA) is 82.6 Å². The molecule has 156 valence electrons. The molecule has 1 heterocycles. The molecule has 0 amide bonds. The number of benzene rings is 1. The number of nitrogens with one attached hydrogen (secondary N) is 3. The lowest BCUT2D eigenvalue weighted by molar-refractivity contribution is 0.561. The highest BCUT2D eigenvalue weighted by molar-refractivity contribution is 14.0. The Labute approximate surface area is 189 Å². The third-order valence-electron chi connectivity index (χ3n) is 3.97. The molecule has 0 aliphatic heterocycles. The van der Waals surface area contributed by atoms with Gasteiger partial charge < -0.3 is 10.6 Å². The summed E-state index contributed by atoms with van der Waals surface area (Å²) in [4.78, 5) is 5.52. The first-order valence-corrected chi connectivity index (χ1v) is 11.5. The van der Waals surface area contributed by atoms with Crippen molar-refractivity contribution in [2.75, 3.05) is 25.9 Å². The number of hydrogen-bond acceptors (Lipinski definition) is 4. The van der Waals surface area contributed by atoms with Gasteiger partial charge in [0.15, 0.2) is 5.96 Å². The van der Waals surface area contributed by atoms with Gasteiger partial charge in [-0.2, -0.15) is 0 Å². The summed E-state index contributed by atoms with van der Waals surface area (Å²) < 4.78 is 26.8. The lowest BCUT2D eigenvalue weighted by Crippen LogP contribution is -2.42. The smallest absolute Gasteiger partial charge is 0.213 e. The van der Waals surface area contributed by atoms with E-state index in [1.807, 2.05) is 30.3 Å². The zero-order valence-electron chi connectivity index (χ0n) is 16.2. The summed E-state index contributed by atoms with van der Waals surface area (Å²) in [6, 6.07) is 13.7. The zero-order valence-corrected chi connectivity index (χ0v) is 20.2. The van der Waals surface area contributed by atoms with Gasteiger partial charge in [-0.1, -0.05) is 43.3 Å². The highest BCUT2D eigenvalue weighted by atomic mass is 127. The Kier molecular flexibility index (Phi) is 11.7. The molecule has 1 unspecified atom stereocenters. The molecule has 0 saturated heterocycles. The fourth-order valence-corrected chi connectivity index (χ4v) is 4.27. The van der Waals surface area contributed by atoms with E-state index >= 15 is 0 Å². The Morgan fingerprint density at radius 2 is 1.89 bits per heavy atom. The molecule has 2 aromatic rings. The Morgan fingerprint density at radius 1 is 1.14 bits per heavy atom. The zero-order chi connectivity index (χ0) is 19.5. The van der Waals surface area contributed by atoms with Gasteiger partial charge in [-0.25, -0.2) is 13.1 Å². The fourth-order valence-electron chi connectivity index (χ4n) is 2.50. The summed E-state index contributed by atoms with van der Waals surface area (Å²) in [6.45, 7) is 3.55. The second kappa shape index (κ2) is 13.1. The molecular formula is C19H29IN4O2S2. The van der Waals surface area contributed by atoms with Crippen LogP contribution in [-0.2, 0) is 23.0 Å². The van der Waals surface area contributed by atoms with Gasteiger partial charge in [0.25, 0.3) is 0 Å². The third-order valence-corrected chi connectivity index (χ3v) is 6.20. The van der Waals surface area contributed by atoms with Crippen LogP contribution in [0.1, 0.15) is 17.4 Å². The van der Waals surface area contributed by atoms with E-state index in [9.17, 15) is 8.42 Å². The molecule has 0 fully saturated rings. The Hall–Kier alpha value is -1.17. The highest BCUT2D eigenvalue weighted by Crippen LogP contribution is 2.13. The largest absolute Gasteiger partial charge is 0.356 e. The van der Waals surface area contributed by atoms with E-state index in [4.69, 9.17) is 0 Å². The van der Waals surface area contributed by atoms with Crippen LogP contribution in [0, 0.1) is 5.92 Å². The molecule has 6 nitrogen and oxygen atoms in total. The van der Waals surface area contributed by atoms with Crippen LogP contribution in [0.25, 0.3) is 0 Å². The quantitative estimate of drug-likeness (QED) is 0.248. The molecule has 28 heavy (non-hydrogen) atoms. The van der Waals surface area contributed by atoms with E-state index in [-0.39, 0.29) is 29.7 Å². The Morgan fingerprint density at radius 3 is 2.54 bits per heavy atom. The summed E-state index contributed by atoms with van der Waals surface area (Å²) in [5.41, 5.74) is 0.936. The van der Waals surface area contributed by atoms with Crippen LogP contribution < -0.4 is 15.4 Å². The minimum Gasteiger partial charge on any atom is -0.356 e. The van der Waals surface area contributed by atoms with E-state index in [1.165, 1.54) is 4.88 Å². The summed E-state index contributed by atoms with van der Waals surface area (Å²) in [5.74, 6) is 1.07. The highest BCUT2D eigenvalue weighted by Gasteiger charge is 2.11. The second-order valence-electron chi connectivity index (χ2n) is 6.39. The summed E-state index contributed by atoms with van der Waals surface area (Å²) in [5, 5.41) is 8.40. The number of nitrogens with zero attached hydrogens (tertiary/aromatic N) is 1. The second-order valence-corrected chi connectivity index (χ2v) is 9.35. The van der Waals surface area contributed by atoms with Crippen molar-refractivity contribution in [1.29, 1.82) is 0 Å². The Bertz CT molecular complexity index is 797. The Balaban J connectivity index is 0.00000392. The van der Waals surface area contributed by atoms with Gasteiger partial charge in [0.05, 0.1) is 5.75 Å². The molecule has 9 heteroatoms. The maximum Gasteiger partial charge on any atom is 0.213 e. The SMILES string of the molecule is CN=C(NCCS(=O)(=O)NCc1ccccc1)NCC(C)Cc1cccs1.I. The lowest BCUT2D eigenvalue weighted by Gasteiger charge is -2.15. The molecule has 2 rings (SSSR count). The van der Waals surface area contributed by atoms with Crippen LogP contribution in [0.4, 0.5) is 0 Å². The molecule has 1 atom stereocenters. The van der Waals surface area contributed by atoms with Crippen LogP contribution in [0.5, 0.6) is 0 Å². The van der Waals surface area contributed by atoms with Crippen molar-refractivity contribution in [1.82, 2.24) is 15.4 Å². The van der Waals surface area contributed by atoms with Crippen LogP contribution in [0.15, 0.2) is 52.8 Å². The van der Waals surface area contributed by atoms with Gasteiger partial charge in [0.1, 0.15) is 0 Å². The molecule has 1 aromatic heterocycles. The molecule has 1 aromatic carbocycles.